The summed E-state index contributed by atoms with van der Waals surface area (Å²) >= 11 is 0. The van der Waals surface area contributed by atoms with Crippen molar-refractivity contribution in [2.24, 2.45) is 0 Å². The second-order valence-corrected chi connectivity index (χ2v) is 7.63. The molecule has 2 aromatic heterocycles. The third kappa shape index (κ3) is 3.71. The Morgan fingerprint density at radius 3 is 2.79 bits per heavy atom. The number of pyridine rings is 1. The van der Waals surface area contributed by atoms with Crippen molar-refractivity contribution < 1.29 is 9.53 Å². The highest BCUT2D eigenvalue weighted by Crippen LogP contribution is 2.29. The van der Waals surface area contributed by atoms with Crippen LogP contribution in [0, 0.1) is 13.8 Å². The molecular weight excluding hydrogens is 354 g/mol. The lowest BCUT2D eigenvalue weighted by molar-refractivity contribution is 0.102. The SMILES string of the molecule is Cc1ncc(NC(=O)c2cc(N3CCC[C@H]3C)nc3c2CCOCC3)nc1C. The number of aryl methyl sites for hydroxylation is 2. The van der Waals surface area contributed by atoms with E-state index in [1.807, 2.05) is 19.9 Å². The third-order valence-corrected chi connectivity index (χ3v) is 5.70. The van der Waals surface area contributed by atoms with Crippen LogP contribution in [0.4, 0.5) is 11.6 Å². The van der Waals surface area contributed by atoms with E-state index < -0.39 is 0 Å². The Morgan fingerprint density at radius 2 is 2.04 bits per heavy atom. The van der Waals surface area contributed by atoms with Gasteiger partial charge in [-0.3, -0.25) is 9.78 Å². The van der Waals surface area contributed by atoms with Gasteiger partial charge < -0.3 is 15.0 Å². The van der Waals surface area contributed by atoms with Crippen LogP contribution in [0.5, 0.6) is 0 Å². The smallest absolute Gasteiger partial charge is 0.257 e. The number of ether oxygens (including phenoxy) is 1. The van der Waals surface area contributed by atoms with Crippen LogP contribution in [0.15, 0.2) is 12.3 Å². The normalized spacial score (nSPS) is 19.2. The molecule has 7 nitrogen and oxygen atoms in total. The number of nitrogens with one attached hydrogen (secondary N) is 1. The number of fused-ring (bicyclic) bond motifs is 1. The molecule has 2 aliphatic heterocycles. The maximum Gasteiger partial charge on any atom is 0.257 e. The lowest BCUT2D eigenvalue weighted by atomic mass is 10.0. The summed E-state index contributed by atoms with van der Waals surface area (Å²) in [7, 11) is 0. The van der Waals surface area contributed by atoms with Crippen LogP contribution in [0.2, 0.25) is 0 Å². The van der Waals surface area contributed by atoms with Gasteiger partial charge in [-0.05, 0) is 51.7 Å². The Labute approximate surface area is 165 Å². The van der Waals surface area contributed by atoms with E-state index in [0.717, 1.165) is 54.3 Å². The predicted molar refractivity (Wildman–Crippen MR) is 108 cm³/mol. The van der Waals surface area contributed by atoms with E-state index in [1.54, 1.807) is 6.20 Å². The van der Waals surface area contributed by atoms with Gasteiger partial charge in [0.2, 0.25) is 0 Å². The van der Waals surface area contributed by atoms with Gasteiger partial charge in [0.25, 0.3) is 5.91 Å². The first kappa shape index (κ1) is 18.8. The highest BCUT2D eigenvalue weighted by atomic mass is 16.5. The molecule has 0 saturated carbocycles. The Morgan fingerprint density at radius 1 is 1.21 bits per heavy atom. The Kier molecular flexibility index (Phi) is 5.26. The lowest BCUT2D eigenvalue weighted by Gasteiger charge is -2.25. The summed E-state index contributed by atoms with van der Waals surface area (Å²) in [5.74, 6) is 1.20. The molecule has 1 amide bonds. The standard InChI is InChI=1S/C21H27N5O2/c1-13-5-4-8-26(13)20-11-17(16-6-9-28-10-7-18(16)24-20)21(27)25-19-12-22-14(2)15(3)23-19/h11-13H,4-10H2,1-3H3,(H,23,25,27)/t13-/m1/s1. The number of carbonyl (C=O) groups is 1. The molecular formula is C21H27N5O2. The highest BCUT2D eigenvalue weighted by Gasteiger charge is 2.26. The highest BCUT2D eigenvalue weighted by molar-refractivity contribution is 6.05. The topological polar surface area (TPSA) is 80.2 Å². The largest absolute Gasteiger partial charge is 0.381 e. The Bertz CT molecular complexity index is 899. The summed E-state index contributed by atoms with van der Waals surface area (Å²) in [5, 5.41) is 2.93. The van der Waals surface area contributed by atoms with Gasteiger partial charge in [-0.15, -0.1) is 0 Å². The van der Waals surface area contributed by atoms with E-state index in [4.69, 9.17) is 9.72 Å². The summed E-state index contributed by atoms with van der Waals surface area (Å²) < 4.78 is 5.64. The van der Waals surface area contributed by atoms with Crippen molar-refractivity contribution in [2.45, 2.75) is 52.5 Å². The molecule has 0 aliphatic carbocycles. The molecule has 2 aliphatic rings. The van der Waals surface area contributed by atoms with Crippen LogP contribution in [0.3, 0.4) is 0 Å². The molecule has 0 radical (unpaired) electrons. The van der Waals surface area contributed by atoms with Gasteiger partial charge >= 0.3 is 0 Å². The molecule has 2 aromatic rings. The lowest BCUT2D eigenvalue weighted by Crippen LogP contribution is -2.28. The number of nitrogens with zero attached hydrogens (tertiary/aromatic N) is 4. The predicted octanol–water partition coefficient (Wildman–Crippen LogP) is 2.84. The van der Waals surface area contributed by atoms with E-state index in [9.17, 15) is 4.79 Å². The maximum absolute atomic E-state index is 13.2. The van der Waals surface area contributed by atoms with Crippen molar-refractivity contribution in [1.29, 1.82) is 0 Å². The second kappa shape index (κ2) is 7.83. The summed E-state index contributed by atoms with van der Waals surface area (Å²) in [6.07, 6.45) is 5.34. The van der Waals surface area contributed by atoms with E-state index in [1.165, 1.54) is 0 Å². The minimum Gasteiger partial charge on any atom is -0.381 e. The van der Waals surface area contributed by atoms with Crippen molar-refractivity contribution in [3.63, 3.8) is 0 Å². The van der Waals surface area contributed by atoms with Crippen molar-refractivity contribution in [3.8, 4) is 0 Å². The van der Waals surface area contributed by atoms with Crippen molar-refractivity contribution >= 4 is 17.5 Å². The fraction of sp³-hybridized carbons (Fsp3) is 0.524. The van der Waals surface area contributed by atoms with Gasteiger partial charge in [0.15, 0.2) is 5.82 Å². The molecule has 1 N–H and O–H groups in total. The molecule has 28 heavy (non-hydrogen) atoms. The summed E-state index contributed by atoms with van der Waals surface area (Å²) in [5.41, 5.74) is 4.31. The molecule has 1 atom stereocenters. The van der Waals surface area contributed by atoms with Crippen LogP contribution >= 0.6 is 0 Å². The Balaban J connectivity index is 1.71. The average molecular weight is 381 g/mol. The molecule has 0 aromatic carbocycles. The maximum atomic E-state index is 13.2. The molecule has 0 bridgehead atoms. The van der Waals surface area contributed by atoms with E-state index in [2.05, 4.69) is 27.1 Å². The molecule has 0 spiro atoms. The number of hydrogen-bond donors (Lipinski definition) is 1. The first-order chi connectivity index (χ1) is 13.5. The van der Waals surface area contributed by atoms with Gasteiger partial charge in [0.1, 0.15) is 5.82 Å². The molecule has 0 unspecified atom stereocenters. The first-order valence-corrected chi connectivity index (χ1v) is 10.0. The fourth-order valence-corrected chi connectivity index (χ4v) is 3.95. The van der Waals surface area contributed by atoms with Gasteiger partial charge in [0.05, 0.1) is 30.8 Å². The van der Waals surface area contributed by atoms with Crippen molar-refractivity contribution in [1.82, 2.24) is 15.0 Å². The fourth-order valence-electron chi connectivity index (χ4n) is 3.95. The van der Waals surface area contributed by atoms with Gasteiger partial charge in [-0.25, -0.2) is 9.97 Å². The van der Waals surface area contributed by atoms with E-state index in [0.29, 0.717) is 37.1 Å². The molecule has 148 valence electrons. The van der Waals surface area contributed by atoms with E-state index >= 15 is 0 Å². The summed E-state index contributed by atoms with van der Waals surface area (Å²) in [6, 6.07) is 2.38. The van der Waals surface area contributed by atoms with Crippen LogP contribution in [-0.4, -0.2) is 46.7 Å². The van der Waals surface area contributed by atoms with Crippen molar-refractivity contribution in [3.05, 3.63) is 40.5 Å². The minimum atomic E-state index is -0.161. The molecule has 1 saturated heterocycles. The van der Waals surface area contributed by atoms with E-state index in [-0.39, 0.29) is 5.91 Å². The number of aromatic nitrogens is 3. The molecule has 7 heteroatoms. The van der Waals surface area contributed by atoms with Gasteiger partial charge in [0, 0.05) is 30.3 Å². The Hall–Kier alpha value is -2.54. The first-order valence-electron chi connectivity index (χ1n) is 10.0. The number of carbonyl (C=O) groups excluding carboxylic acids is 1. The zero-order valence-electron chi connectivity index (χ0n) is 16.8. The second-order valence-electron chi connectivity index (χ2n) is 7.63. The number of hydrogen-bond acceptors (Lipinski definition) is 6. The van der Waals surface area contributed by atoms with Crippen LogP contribution in [-0.2, 0) is 17.6 Å². The van der Waals surface area contributed by atoms with Crippen molar-refractivity contribution in [2.75, 3.05) is 30.0 Å². The van der Waals surface area contributed by atoms with Crippen LogP contribution < -0.4 is 10.2 Å². The van der Waals surface area contributed by atoms with Gasteiger partial charge in [-0.1, -0.05) is 0 Å². The molecule has 4 heterocycles. The third-order valence-electron chi connectivity index (χ3n) is 5.70. The number of anilines is 2. The van der Waals surface area contributed by atoms with Crippen LogP contribution in [0.25, 0.3) is 0 Å². The zero-order chi connectivity index (χ0) is 19.7. The van der Waals surface area contributed by atoms with Crippen LogP contribution in [0.1, 0.15) is 52.8 Å². The summed E-state index contributed by atoms with van der Waals surface area (Å²) in [4.78, 5) is 29.1. The number of amides is 1. The monoisotopic (exact) mass is 381 g/mol. The molecule has 1 fully saturated rings. The minimum absolute atomic E-state index is 0.161. The van der Waals surface area contributed by atoms with Gasteiger partial charge in [-0.2, -0.15) is 0 Å². The zero-order valence-corrected chi connectivity index (χ0v) is 16.8. The number of rotatable bonds is 3. The quantitative estimate of drug-likeness (QED) is 0.881. The molecule has 4 rings (SSSR count). The average Bonchev–Trinajstić information content (AvgIpc) is 2.96. The summed E-state index contributed by atoms with van der Waals surface area (Å²) in [6.45, 7) is 8.24.